The molecule has 0 radical (unpaired) electrons. The largest absolute Gasteiger partial charge is 0.342 e. The minimum Gasteiger partial charge on any atom is -0.342 e. The van der Waals surface area contributed by atoms with Gasteiger partial charge >= 0.3 is 0 Å². The van der Waals surface area contributed by atoms with E-state index in [-0.39, 0.29) is 11.4 Å². The minimum absolute atomic E-state index is 0.222. The fourth-order valence-electron chi connectivity index (χ4n) is 2.91. The van der Waals surface area contributed by atoms with E-state index in [9.17, 15) is 9.18 Å². The Labute approximate surface area is 142 Å². The van der Waals surface area contributed by atoms with E-state index in [0.717, 1.165) is 28.9 Å². The zero-order chi connectivity index (χ0) is 17.2. The molecule has 0 unspecified atom stereocenters. The van der Waals surface area contributed by atoms with Crippen LogP contribution < -0.4 is 16.2 Å². The van der Waals surface area contributed by atoms with Gasteiger partial charge in [0.2, 0.25) is 0 Å². The van der Waals surface area contributed by atoms with Crippen molar-refractivity contribution in [1.29, 1.82) is 0 Å². The molecule has 1 aliphatic rings. The lowest BCUT2D eigenvalue weighted by Crippen LogP contribution is -2.31. The number of amidine groups is 1. The van der Waals surface area contributed by atoms with Crippen LogP contribution in [0.25, 0.3) is 10.8 Å². The third-order valence-electron chi connectivity index (χ3n) is 4.09. The number of anilines is 1. The van der Waals surface area contributed by atoms with Gasteiger partial charge in [-0.3, -0.25) is 4.79 Å². The maximum atomic E-state index is 13.2. The summed E-state index contributed by atoms with van der Waals surface area (Å²) in [5, 5.41) is 14.3. The average molecular weight is 337 g/mol. The number of aromatic nitrogens is 2. The molecular formula is C18H16FN5O. The van der Waals surface area contributed by atoms with Crippen LogP contribution in [0.1, 0.15) is 5.56 Å². The second-order valence-electron chi connectivity index (χ2n) is 5.84. The Hall–Kier alpha value is -3.06. The molecule has 0 spiro atoms. The van der Waals surface area contributed by atoms with Crippen molar-refractivity contribution in [2.24, 2.45) is 4.99 Å². The van der Waals surface area contributed by atoms with E-state index >= 15 is 0 Å². The van der Waals surface area contributed by atoms with Crippen LogP contribution in [0.3, 0.4) is 0 Å². The molecule has 25 heavy (non-hydrogen) atoms. The average Bonchev–Trinajstić information content (AvgIpc) is 2.62. The van der Waals surface area contributed by atoms with Crippen LogP contribution in [0, 0.1) is 5.82 Å². The van der Waals surface area contributed by atoms with Gasteiger partial charge in [0.15, 0.2) is 5.82 Å². The summed E-state index contributed by atoms with van der Waals surface area (Å²) in [6.45, 7) is 1.21. The van der Waals surface area contributed by atoms with Crippen molar-refractivity contribution in [3.63, 3.8) is 0 Å². The number of hydrogen-bond donors (Lipinski definition) is 3. The predicted molar refractivity (Wildman–Crippen MR) is 96.1 cm³/mol. The van der Waals surface area contributed by atoms with Gasteiger partial charge < -0.3 is 10.6 Å². The first-order chi connectivity index (χ1) is 12.2. The molecule has 4 rings (SSSR count). The zero-order valence-electron chi connectivity index (χ0n) is 13.3. The van der Waals surface area contributed by atoms with Gasteiger partial charge in [-0.05, 0) is 42.8 Å². The standard InChI is InChI=1S/C18H16FN5O/c19-12-4-1-3-11(9-12)7-8-20-10-15-21-14-6-2-5-13-16(14)17(22-15)23-24-18(13)25/h1-6,9,20H,7-8,10H2,(H,24,25)(H,21,22,23). The van der Waals surface area contributed by atoms with E-state index in [1.165, 1.54) is 12.1 Å². The Balaban J connectivity index is 1.45. The summed E-state index contributed by atoms with van der Waals surface area (Å²) in [6, 6.07) is 12.1. The third kappa shape index (κ3) is 3.14. The van der Waals surface area contributed by atoms with Gasteiger partial charge in [0.25, 0.3) is 5.56 Å². The SMILES string of the molecule is O=c1[nH]nc2c3c(cccc13)NC(CNCCc1cccc(F)c1)=N2. The topological polar surface area (TPSA) is 82.2 Å². The summed E-state index contributed by atoms with van der Waals surface area (Å²) in [6.07, 6.45) is 0.725. The van der Waals surface area contributed by atoms with Gasteiger partial charge in [0.1, 0.15) is 11.7 Å². The van der Waals surface area contributed by atoms with Crippen molar-refractivity contribution in [1.82, 2.24) is 15.5 Å². The van der Waals surface area contributed by atoms with Gasteiger partial charge in [0.05, 0.1) is 23.0 Å². The normalized spacial score (nSPS) is 12.8. The molecule has 3 N–H and O–H groups in total. The molecule has 7 heteroatoms. The Morgan fingerprint density at radius 2 is 2.04 bits per heavy atom. The second-order valence-corrected chi connectivity index (χ2v) is 5.84. The maximum Gasteiger partial charge on any atom is 0.272 e. The summed E-state index contributed by atoms with van der Waals surface area (Å²) in [5.41, 5.74) is 1.54. The van der Waals surface area contributed by atoms with E-state index in [0.29, 0.717) is 24.3 Å². The van der Waals surface area contributed by atoms with Crippen molar-refractivity contribution in [2.45, 2.75) is 6.42 Å². The highest BCUT2D eigenvalue weighted by atomic mass is 19.1. The molecule has 0 aliphatic carbocycles. The monoisotopic (exact) mass is 337 g/mol. The molecule has 6 nitrogen and oxygen atoms in total. The Morgan fingerprint density at radius 1 is 1.16 bits per heavy atom. The van der Waals surface area contributed by atoms with E-state index in [1.807, 2.05) is 18.2 Å². The van der Waals surface area contributed by atoms with E-state index in [1.54, 1.807) is 12.1 Å². The number of aromatic amines is 1. The van der Waals surface area contributed by atoms with Crippen molar-refractivity contribution in [2.75, 3.05) is 18.4 Å². The number of H-pyrrole nitrogens is 1. The van der Waals surface area contributed by atoms with Crippen molar-refractivity contribution < 1.29 is 4.39 Å². The molecule has 0 bridgehead atoms. The lowest BCUT2D eigenvalue weighted by Gasteiger charge is -2.18. The third-order valence-corrected chi connectivity index (χ3v) is 4.09. The molecule has 0 amide bonds. The van der Waals surface area contributed by atoms with E-state index in [4.69, 9.17) is 0 Å². The molecule has 0 saturated carbocycles. The first-order valence-corrected chi connectivity index (χ1v) is 8.02. The molecule has 3 aromatic rings. The molecule has 2 heterocycles. The predicted octanol–water partition coefficient (Wildman–Crippen LogP) is 2.35. The Bertz CT molecular complexity index is 1030. The smallest absolute Gasteiger partial charge is 0.272 e. The lowest BCUT2D eigenvalue weighted by molar-refractivity contribution is 0.624. The number of nitrogens with zero attached hydrogens (tertiary/aromatic N) is 2. The zero-order valence-corrected chi connectivity index (χ0v) is 13.3. The molecule has 0 saturated heterocycles. The first-order valence-electron chi connectivity index (χ1n) is 8.02. The molecule has 2 aromatic carbocycles. The summed E-state index contributed by atoms with van der Waals surface area (Å²) in [7, 11) is 0. The summed E-state index contributed by atoms with van der Waals surface area (Å²) < 4.78 is 13.2. The van der Waals surface area contributed by atoms with Gasteiger partial charge in [-0.15, -0.1) is 0 Å². The van der Waals surface area contributed by atoms with Crippen LogP contribution in [0.15, 0.2) is 52.3 Å². The van der Waals surface area contributed by atoms with Crippen molar-refractivity contribution in [3.8, 4) is 0 Å². The molecular weight excluding hydrogens is 321 g/mol. The van der Waals surface area contributed by atoms with E-state index in [2.05, 4.69) is 25.8 Å². The quantitative estimate of drug-likeness (QED) is 0.624. The van der Waals surface area contributed by atoms with Gasteiger partial charge in [-0.25, -0.2) is 14.5 Å². The van der Waals surface area contributed by atoms with Gasteiger partial charge in [-0.2, -0.15) is 5.10 Å². The van der Waals surface area contributed by atoms with Crippen molar-refractivity contribution in [3.05, 3.63) is 64.2 Å². The Morgan fingerprint density at radius 3 is 2.92 bits per heavy atom. The number of rotatable bonds is 5. The number of aliphatic imine (C=N–C) groups is 1. The highest BCUT2D eigenvalue weighted by Crippen LogP contribution is 2.31. The fraction of sp³-hybridized carbons (Fsp3) is 0.167. The molecule has 126 valence electrons. The highest BCUT2D eigenvalue weighted by molar-refractivity contribution is 6.12. The van der Waals surface area contributed by atoms with Crippen LogP contribution in [0.4, 0.5) is 15.9 Å². The number of benzene rings is 2. The lowest BCUT2D eigenvalue weighted by atomic mass is 10.1. The second kappa shape index (κ2) is 6.45. The number of hydrogen-bond acceptors (Lipinski definition) is 5. The molecule has 0 atom stereocenters. The van der Waals surface area contributed by atoms with Crippen LogP contribution in [0.2, 0.25) is 0 Å². The van der Waals surface area contributed by atoms with Crippen LogP contribution in [-0.2, 0) is 6.42 Å². The molecule has 0 fully saturated rings. The van der Waals surface area contributed by atoms with Crippen molar-refractivity contribution >= 4 is 28.1 Å². The van der Waals surface area contributed by atoms with Crippen LogP contribution in [-0.4, -0.2) is 29.1 Å². The summed E-state index contributed by atoms with van der Waals surface area (Å²) >= 11 is 0. The maximum absolute atomic E-state index is 13.2. The van der Waals surface area contributed by atoms with Gasteiger partial charge in [0, 0.05) is 0 Å². The number of halogens is 1. The summed E-state index contributed by atoms with van der Waals surface area (Å²) in [5.74, 6) is 1.00. The first kappa shape index (κ1) is 15.5. The summed E-state index contributed by atoms with van der Waals surface area (Å²) in [4.78, 5) is 16.3. The fourth-order valence-corrected chi connectivity index (χ4v) is 2.91. The van der Waals surface area contributed by atoms with Crippen LogP contribution in [0.5, 0.6) is 0 Å². The number of nitrogens with one attached hydrogen (secondary N) is 3. The van der Waals surface area contributed by atoms with Gasteiger partial charge in [-0.1, -0.05) is 18.2 Å². The Kier molecular flexibility index (Phi) is 3.99. The minimum atomic E-state index is -0.228. The molecule has 1 aromatic heterocycles. The van der Waals surface area contributed by atoms with Crippen LogP contribution >= 0.6 is 0 Å². The van der Waals surface area contributed by atoms with E-state index < -0.39 is 0 Å². The highest BCUT2D eigenvalue weighted by Gasteiger charge is 2.16. The molecule has 1 aliphatic heterocycles.